The molecule has 1 aromatic rings. The fourth-order valence-corrected chi connectivity index (χ4v) is 8.09. The molecule has 7 rings (SSSR count). The number of carbonyl (C=O) groups excluding carboxylic acids is 3. The Bertz CT molecular complexity index is 947. The van der Waals surface area contributed by atoms with Crippen LogP contribution < -0.4 is 4.90 Å². The van der Waals surface area contributed by atoms with Crippen LogP contribution in [0.2, 0.25) is 0 Å². The molecule has 7 nitrogen and oxygen atoms in total. The first-order valence-corrected chi connectivity index (χ1v) is 13.1. The third-order valence-corrected chi connectivity index (χ3v) is 9.19. The van der Waals surface area contributed by atoms with Crippen LogP contribution in [0.25, 0.3) is 0 Å². The topological polar surface area (TPSA) is 70.2 Å². The average molecular weight is 466 g/mol. The van der Waals surface area contributed by atoms with Gasteiger partial charge in [0, 0.05) is 31.7 Å². The first kappa shape index (κ1) is 22.2. The van der Waals surface area contributed by atoms with Crippen molar-refractivity contribution >= 4 is 23.5 Å². The summed E-state index contributed by atoms with van der Waals surface area (Å²) < 4.78 is 5.02. The molecule has 2 aliphatic heterocycles. The third-order valence-electron chi connectivity index (χ3n) is 9.19. The lowest BCUT2D eigenvalue weighted by molar-refractivity contribution is -0.125. The van der Waals surface area contributed by atoms with Crippen LogP contribution >= 0.6 is 0 Å². The monoisotopic (exact) mass is 465 g/mol. The van der Waals surface area contributed by atoms with E-state index < -0.39 is 5.97 Å². The maximum absolute atomic E-state index is 13.3. The third kappa shape index (κ3) is 3.68. The SMILES string of the molecule is CCOC(=O)c1ccc(N2C(=O)C[C@H](N3CCN(C45CC6CC(CC(C6)C4)C5)CC3)C2=O)cc1. The summed E-state index contributed by atoms with van der Waals surface area (Å²) in [6.07, 6.45) is 8.70. The molecule has 182 valence electrons. The van der Waals surface area contributed by atoms with E-state index in [0.717, 1.165) is 43.9 Å². The fourth-order valence-electron chi connectivity index (χ4n) is 8.09. The van der Waals surface area contributed by atoms with Crippen molar-refractivity contribution in [3.05, 3.63) is 29.8 Å². The molecular formula is C27H35N3O4. The second kappa shape index (κ2) is 8.45. The summed E-state index contributed by atoms with van der Waals surface area (Å²) in [5, 5.41) is 0. The van der Waals surface area contributed by atoms with E-state index in [1.165, 1.54) is 43.4 Å². The van der Waals surface area contributed by atoms with Gasteiger partial charge in [0.15, 0.2) is 0 Å². The highest BCUT2D eigenvalue weighted by molar-refractivity contribution is 6.22. The number of anilines is 1. The average Bonchev–Trinajstić information content (AvgIpc) is 3.12. The highest BCUT2D eigenvalue weighted by Gasteiger charge is 2.54. The zero-order chi connectivity index (χ0) is 23.4. The van der Waals surface area contributed by atoms with Crippen molar-refractivity contribution < 1.29 is 19.1 Å². The lowest BCUT2D eigenvalue weighted by Crippen LogP contribution is -2.64. The summed E-state index contributed by atoms with van der Waals surface area (Å²) in [5.74, 6) is 2.09. The number of amides is 2. The van der Waals surface area contributed by atoms with Gasteiger partial charge >= 0.3 is 5.97 Å². The van der Waals surface area contributed by atoms with Gasteiger partial charge in [-0.05, 0) is 87.5 Å². The number of carbonyl (C=O) groups is 3. The van der Waals surface area contributed by atoms with Gasteiger partial charge in [0.25, 0.3) is 5.91 Å². The van der Waals surface area contributed by atoms with Crippen molar-refractivity contribution in [1.29, 1.82) is 0 Å². The Morgan fingerprint density at radius 2 is 1.53 bits per heavy atom. The number of piperazine rings is 1. The molecule has 6 fully saturated rings. The lowest BCUT2D eigenvalue weighted by Gasteiger charge is -2.61. The number of rotatable bonds is 5. The molecule has 0 aromatic heterocycles. The minimum atomic E-state index is -0.400. The second-order valence-corrected chi connectivity index (χ2v) is 11.2. The van der Waals surface area contributed by atoms with Crippen LogP contribution in [-0.4, -0.2) is 72.0 Å². The number of ether oxygens (including phenoxy) is 1. The number of benzene rings is 1. The number of esters is 1. The van der Waals surface area contributed by atoms with Gasteiger partial charge in [-0.2, -0.15) is 0 Å². The Hall–Kier alpha value is -2.25. The number of hydrogen-bond donors (Lipinski definition) is 0. The molecule has 1 aromatic carbocycles. The standard InChI is InChI=1S/C27H35N3O4/c1-2-34-26(33)21-3-5-22(6-4-21)30-24(31)14-23(25(30)32)28-7-9-29(10-8-28)27-15-18-11-19(16-27)13-20(12-18)17-27/h3-6,18-20,23H,2,7-17H2,1H3/t18?,19?,20?,23-,27?/m0/s1. The number of imide groups is 1. The zero-order valence-electron chi connectivity index (χ0n) is 20.1. The highest BCUT2D eigenvalue weighted by atomic mass is 16.5. The van der Waals surface area contributed by atoms with Gasteiger partial charge in [-0.15, -0.1) is 0 Å². The predicted molar refractivity (Wildman–Crippen MR) is 127 cm³/mol. The summed E-state index contributed by atoms with van der Waals surface area (Å²) in [6.45, 7) is 5.76. The van der Waals surface area contributed by atoms with Crippen molar-refractivity contribution in [2.45, 2.75) is 63.5 Å². The zero-order valence-corrected chi connectivity index (χ0v) is 20.1. The van der Waals surface area contributed by atoms with Crippen molar-refractivity contribution in [3.8, 4) is 0 Å². The van der Waals surface area contributed by atoms with Crippen molar-refractivity contribution in [2.24, 2.45) is 17.8 Å². The molecule has 1 atom stereocenters. The maximum atomic E-state index is 13.3. The van der Waals surface area contributed by atoms with Crippen LogP contribution in [0.4, 0.5) is 5.69 Å². The van der Waals surface area contributed by atoms with Crippen molar-refractivity contribution in [1.82, 2.24) is 9.80 Å². The summed E-state index contributed by atoms with van der Waals surface area (Å²) in [6, 6.07) is 6.18. The van der Waals surface area contributed by atoms with Crippen LogP contribution in [0.3, 0.4) is 0 Å². The van der Waals surface area contributed by atoms with Crippen LogP contribution in [0.1, 0.15) is 62.2 Å². The first-order chi connectivity index (χ1) is 16.5. The summed E-state index contributed by atoms with van der Waals surface area (Å²) in [5.41, 5.74) is 1.35. The van der Waals surface area contributed by atoms with Gasteiger partial charge < -0.3 is 4.74 Å². The Balaban J connectivity index is 1.10. The van der Waals surface area contributed by atoms with Crippen LogP contribution in [0.5, 0.6) is 0 Å². The van der Waals surface area contributed by atoms with Crippen molar-refractivity contribution in [2.75, 3.05) is 37.7 Å². The van der Waals surface area contributed by atoms with Gasteiger partial charge in [-0.25, -0.2) is 9.69 Å². The fraction of sp³-hybridized carbons (Fsp3) is 0.667. The maximum Gasteiger partial charge on any atom is 0.338 e. The number of hydrogen-bond acceptors (Lipinski definition) is 6. The van der Waals surface area contributed by atoms with E-state index in [4.69, 9.17) is 4.74 Å². The smallest absolute Gasteiger partial charge is 0.338 e. The van der Waals surface area contributed by atoms with Crippen LogP contribution in [0.15, 0.2) is 24.3 Å². The minimum absolute atomic E-state index is 0.142. The highest BCUT2D eigenvalue weighted by Crippen LogP contribution is 2.57. The molecule has 4 bridgehead atoms. The van der Waals surface area contributed by atoms with Crippen molar-refractivity contribution in [3.63, 3.8) is 0 Å². The Labute approximate surface area is 201 Å². The lowest BCUT2D eigenvalue weighted by atomic mass is 9.52. The molecule has 0 radical (unpaired) electrons. The number of nitrogens with zero attached hydrogens (tertiary/aromatic N) is 3. The summed E-state index contributed by atoms with van der Waals surface area (Å²) >= 11 is 0. The summed E-state index contributed by atoms with van der Waals surface area (Å²) in [4.78, 5) is 44.3. The van der Waals surface area contributed by atoms with Crippen LogP contribution in [-0.2, 0) is 14.3 Å². The van der Waals surface area contributed by atoms with E-state index in [9.17, 15) is 14.4 Å². The Morgan fingerprint density at radius 1 is 0.941 bits per heavy atom. The molecule has 0 spiro atoms. The molecule has 2 saturated heterocycles. The van der Waals surface area contributed by atoms with E-state index >= 15 is 0 Å². The van der Waals surface area contributed by atoms with E-state index in [1.807, 2.05) is 0 Å². The molecule has 0 unspecified atom stereocenters. The minimum Gasteiger partial charge on any atom is -0.462 e. The molecule has 34 heavy (non-hydrogen) atoms. The molecule has 0 N–H and O–H groups in total. The molecule has 4 saturated carbocycles. The molecule has 2 heterocycles. The molecule has 6 aliphatic rings. The first-order valence-electron chi connectivity index (χ1n) is 13.1. The van der Waals surface area contributed by atoms with Gasteiger partial charge in [-0.1, -0.05) is 0 Å². The molecular weight excluding hydrogens is 430 g/mol. The molecule has 4 aliphatic carbocycles. The van der Waals surface area contributed by atoms with Crippen LogP contribution in [0, 0.1) is 17.8 Å². The largest absolute Gasteiger partial charge is 0.462 e. The predicted octanol–water partition coefficient (Wildman–Crippen LogP) is 3.08. The van der Waals surface area contributed by atoms with Gasteiger partial charge in [-0.3, -0.25) is 19.4 Å². The molecule has 7 heteroatoms. The Morgan fingerprint density at radius 3 is 2.09 bits per heavy atom. The van der Waals surface area contributed by atoms with E-state index in [1.54, 1.807) is 31.2 Å². The van der Waals surface area contributed by atoms with Gasteiger partial charge in [0.2, 0.25) is 5.91 Å². The molecule has 2 amide bonds. The summed E-state index contributed by atoms with van der Waals surface area (Å²) in [7, 11) is 0. The van der Waals surface area contributed by atoms with Gasteiger partial charge in [0.1, 0.15) is 0 Å². The normalized spacial score (nSPS) is 35.9. The Kier molecular flexibility index (Phi) is 5.52. The van der Waals surface area contributed by atoms with E-state index in [2.05, 4.69) is 9.80 Å². The van der Waals surface area contributed by atoms with Gasteiger partial charge in [0.05, 0.1) is 30.3 Å². The second-order valence-electron chi connectivity index (χ2n) is 11.2. The van der Waals surface area contributed by atoms with E-state index in [0.29, 0.717) is 23.4 Å². The van der Waals surface area contributed by atoms with E-state index in [-0.39, 0.29) is 24.3 Å². The quantitative estimate of drug-likeness (QED) is 0.492.